The Morgan fingerprint density at radius 3 is 2.23 bits per heavy atom. The molecule has 0 saturated carbocycles. The summed E-state index contributed by atoms with van der Waals surface area (Å²) in [7, 11) is 1.35. The van der Waals surface area contributed by atoms with Crippen LogP contribution in [-0.4, -0.2) is 15.7 Å². The fraction of sp³-hybridized carbons (Fsp3) is 0.435. The van der Waals surface area contributed by atoms with Crippen LogP contribution in [-0.2, 0) is 22.8 Å². The Bertz CT molecular complexity index is 981. The smallest absolute Gasteiger partial charge is 0.424 e. The number of halogens is 3. The third-order valence-electron chi connectivity index (χ3n) is 4.80. The maximum Gasteiger partial charge on any atom is 0.435 e. The second-order valence-corrected chi connectivity index (χ2v) is 6.77. The van der Waals surface area contributed by atoms with E-state index in [1.807, 2.05) is 39.0 Å². The molecule has 0 aliphatic rings. The van der Waals surface area contributed by atoms with Gasteiger partial charge in [0.2, 0.25) is 0 Å². The van der Waals surface area contributed by atoms with Crippen molar-refractivity contribution in [1.82, 2.24) is 9.78 Å². The van der Waals surface area contributed by atoms with E-state index in [2.05, 4.69) is 12.0 Å². The van der Waals surface area contributed by atoms with Gasteiger partial charge in [-0.2, -0.15) is 23.5 Å². The average molecular weight is 435 g/mol. The van der Waals surface area contributed by atoms with Crippen molar-refractivity contribution in [3.8, 4) is 6.07 Å². The lowest BCUT2D eigenvalue weighted by molar-refractivity contribution is -0.142. The fourth-order valence-electron chi connectivity index (χ4n) is 2.91. The summed E-state index contributed by atoms with van der Waals surface area (Å²) in [5, 5.41) is 13.3. The number of ether oxygens (including phenoxy) is 1. The number of nitriles is 1. The molecule has 0 aliphatic heterocycles. The molecular formula is C23H28F3N3O2. The molecule has 31 heavy (non-hydrogen) atoms. The van der Waals surface area contributed by atoms with E-state index in [9.17, 15) is 23.2 Å². The molecule has 1 aromatic heterocycles. The van der Waals surface area contributed by atoms with Gasteiger partial charge in [0, 0.05) is 19.7 Å². The van der Waals surface area contributed by atoms with E-state index < -0.39 is 29.2 Å². The summed E-state index contributed by atoms with van der Waals surface area (Å²) in [6, 6.07) is 8.81. The molecule has 0 N–H and O–H groups in total. The Balaban J connectivity index is 0.00000233. The number of hydrogen-bond acceptors (Lipinski definition) is 4. The standard InChI is InChI=1S/C21H22F3N3O2.C2H6/c1-6-12(2)15-7-9-16(10-8-15)17(11-25)19(29-14(4)28)18-13(3)27(5)26-20(18)21(22,23)24;1-2/h7-10,12H,6H2,1-5H3;1-2H3/b19-17-;. The number of alkyl halides is 3. The van der Waals surface area contributed by atoms with Crippen LogP contribution in [0.4, 0.5) is 13.2 Å². The molecule has 0 aliphatic carbocycles. The Morgan fingerprint density at radius 1 is 1.26 bits per heavy atom. The molecule has 1 heterocycles. The van der Waals surface area contributed by atoms with Crippen molar-refractivity contribution in [1.29, 1.82) is 5.26 Å². The van der Waals surface area contributed by atoms with Crippen molar-refractivity contribution in [2.45, 2.75) is 60.1 Å². The number of nitrogens with zero attached hydrogens (tertiary/aromatic N) is 3. The Kier molecular flexibility index (Phi) is 9.04. The minimum absolute atomic E-state index is 0.123. The molecule has 168 valence electrons. The number of aryl methyl sites for hydroxylation is 1. The number of allylic oxidation sites excluding steroid dienone is 1. The van der Waals surface area contributed by atoms with Gasteiger partial charge >= 0.3 is 12.1 Å². The van der Waals surface area contributed by atoms with Crippen molar-refractivity contribution in [2.24, 2.45) is 7.05 Å². The topological polar surface area (TPSA) is 67.9 Å². The molecule has 1 aromatic carbocycles. The highest BCUT2D eigenvalue weighted by molar-refractivity contribution is 5.98. The largest absolute Gasteiger partial charge is 0.435 e. The number of rotatable bonds is 5. The van der Waals surface area contributed by atoms with E-state index in [1.165, 1.54) is 14.0 Å². The summed E-state index contributed by atoms with van der Waals surface area (Å²) in [5.74, 6) is -0.988. The van der Waals surface area contributed by atoms with Crippen LogP contribution in [0.1, 0.15) is 75.0 Å². The summed E-state index contributed by atoms with van der Waals surface area (Å²) in [6.07, 6.45) is -3.86. The van der Waals surface area contributed by atoms with Crippen molar-refractivity contribution in [3.63, 3.8) is 0 Å². The lowest BCUT2D eigenvalue weighted by Crippen LogP contribution is -2.12. The van der Waals surface area contributed by atoms with Crippen LogP contribution in [0.15, 0.2) is 24.3 Å². The highest BCUT2D eigenvalue weighted by atomic mass is 19.4. The Morgan fingerprint density at radius 2 is 1.81 bits per heavy atom. The average Bonchev–Trinajstić information content (AvgIpc) is 3.03. The zero-order valence-electron chi connectivity index (χ0n) is 18.9. The van der Waals surface area contributed by atoms with Crippen molar-refractivity contribution in [2.75, 3.05) is 0 Å². The van der Waals surface area contributed by atoms with Crippen LogP contribution >= 0.6 is 0 Å². The number of carbonyl (C=O) groups excluding carboxylic acids is 1. The summed E-state index contributed by atoms with van der Waals surface area (Å²) in [5.41, 5.74) is -0.283. The third kappa shape index (κ3) is 5.97. The monoisotopic (exact) mass is 435 g/mol. The fourth-order valence-corrected chi connectivity index (χ4v) is 2.91. The number of carbonyl (C=O) groups is 1. The van der Waals surface area contributed by atoms with Gasteiger partial charge in [-0.05, 0) is 30.4 Å². The minimum Gasteiger partial charge on any atom is -0.424 e. The lowest BCUT2D eigenvalue weighted by Gasteiger charge is -2.14. The second-order valence-electron chi connectivity index (χ2n) is 6.77. The van der Waals surface area contributed by atoms with Gasteiger partial charge in [0.25, 0.3) is 0 Å². The van der Waals surface area contributed by atoms with E-state index in [0.717, 1.165) is 23.6 Å². The van der Waals surface area contributed by atoms with Crippen molar-refractivity contribution < 1.29 is 22.7 Å². The van der Waals surface area contributed by atoms with Crippen LogP contribution in [0.25, 0.3) is 11.3 Å². The number of esters is 1. The third-order valence-corrected chi connectivity index (χ3v) is 4.80. The van der Waals surface area contributed by atoms with E-state index in [-0.39, 0.29) is 11.3 Å². The first kappa shape index (κ1) is 26.0. The number of hydrogen-bond donors (Lipinski definition) is 0. The van der Waals surface area contributed by atoms with Gasteiger partial charge in [0.15, 0.2) is 11.5 Å². The molecule has 2 rings (SSSR count). The van der Waals surface area contributed by atoms with Gasteiger partial charge in [0.1, 0.15) is 11.6 Å². The van der Waals surface area contributed by atoms with E-state index in [4.69, 9.17) is 4.74 Å². The summed E-state index contributed by atoms with van der Waals surface area (Å²) in [4.78, 5) is 11.7. The molecule has 0 bridgehead atoms. The molecule has 0 saturated heterocycles. The first-order valence-electron chi connectivity index (χ1n) is 10.1. The normalized spacial score (nSPS) is 12.8. The van der Waals surface area contributed by atoms with Crippen molar-refractivity contribution in [3.05, 3.63) is 52.3 Å². The van der Waals surface area contributed by atoms with Gasteiger partial charge in [0.05, 0.1) is 5.56 Å². The Labute approximate surface area is 181 Å². The molecule has 0 amide bonds. The van der Waals surface area contributed by atoms with Gasteiger partial charge in [-0.25, -0.2) is 0 Å². The maximum atomic E-state index is 13.6. The molecular weight excluding hydrogens is 407 g/mol. The number of aromatic nitrogens is 2. The van der Waals surface area contributed by atoms with Crippen LogP contribution in [0.5, 0.6) is 0 Å². The molecule has 1 unspecified atom stereocenters. The molecule has 0 radical (unpaired) electrons. The molecule has 5 nitrogen and oxygen atoms in total. The summed E-state index contributed by atoms with van der Waals surface area (Å²) >= 11 is 0. The van der Waals surface area contributed by atoms with Crippen LogP contribution in [0.2, 0.25) is 0 Å². The lowest BCUT2D eigenvalue weighted by atomic mass is 9.94. The van der Waals surface area contributed by atoms with E-state index in [1.54, 1.807) is 12.1 Å². The highest BCUT2D eigenvalue weighted by Crippen LogP contribution is 2.39. The number of benzene rings is 1. The molecule has 8 heteroatoms. The highest BCUT2D eigenvalue weighted by Gasteiger charge is 2.40. The molecule has 0 fully saturated rings. The van der Waals surface area contributed by atoms with Crippen molar-refractivity contribution >= 4 is 17.3 Å². The van der Waals surface area contributed by atoms with Crippen LogP contribution in [0.3, 0.4) is 0 Å². The maximum absolute atomic E-state index is 13.6. The SMILES string of the molecule is CC.CCC(C)c1ccc(/C(C#N)=C(\OC(C)=O)c2c(C(F)(F)F)nn(C)c2C)cc1. The predicted octanol–water partition coefficient (Wildman–Crippen LogP) is 6.24. The molecule has 2 aromatic rings. The molecule has 0 spiro atoms. The zero-order valence-corrected chi connectivity index (χ0v) is 18.9. The zero-order chi connectivity index (χ0) is 23.9. The summed E-state index contributed by atoms with van der Waals surface area (Å²) < 4.78 is 46.9. The summed E-state index contributed by atoms with van der Waals surface area (Å²) in [6.45, 7) is 10.6. The first-order chi connectivity index (χ1) is 14.5. The Hall–Kier alpha value is -3.08. The quantitative estimate of drug-likeness (QED) is 0.317. The van der Waals surface area contributed by atoms with E-state index in [0.29, 0.717) is 11.5 Å². The minimum atomic E-state index is -4.78. The van der Waals surface area contributed by atoms with Crippen LogP contribution < -0.4 is 0 Å². The molecule has 1 atom stereocenters. The van der Waals surface area contributed by atoms with Gasteiger partial charge < -0.3 is 4.74 Å². The van der Waals surface area contributed by atoms with Gasteiger partial charge in [-0.3, -0.25) is 9.48 Å². The second kappa shape index (κ2) is 10.8. The predicted molar refractivity (Wildman–Crippen MR) is 114 cm³/mol. The van der Waals surface area contributed by atoms with Gasteiger partial charge in [-0.15, -0.1) is 0 Å². The van der Waals surface area contributed by atoms with Crippen LogP contribution in [0, 0.1) is 18.3 Å². The first-order valence-corrected chi connectivity index (χ1v) is 10.1. The van der Waals surface area contributed by atoms with Gasteiger partial charge in [-0.1, -0.05) is 52.0 Å². The van der Waals surface area contributed by atoms with E-state index >= 15 is 0 Å².